The molecule has 7 heteroatoms. The summed E-state index contributed by atoms with van der Waals surface area (Å²) in [6.45, 7) is 0. The molecule has 0 saturated carbocycles. The van der Waals surface area contributed by atoms with Crippen molar-refractivity contribution in [2.24, 2.45) is 0 Å². The molecule has 124 valence electrons. The van der Waals surface area contributed by atoms with Gasteiger partial charge in [-0.15, -0.1) is 0 Å². The highest BCUT2D eigenvalue weighted by molar-refractivity contribution is 6.01. The molecule has 0 spiro atoms. The van der Waals surface area contributed by atoms with Crippen LogP contribution in [-0.2, 0) is 4.79 Å². The highest BCUT2D eigenvalue weighted by Crippen LogP contribution is 2.31. The van der Waals surface area contributed by atoms with Crippen molar-refractivity contribution in [1.82, 2.24) is 4.98 Å². The van der Waals surface area contributed by atoms with E-state index in [0.29, 0.717) is 22.8 Å². The number of nitro benzene ring substituents is 1. The van der Waals surface area contributed by atoms with Crippen LogP contribution in [0.25, 0.3) is 17.4 Å². The SMILES string of the molecule is O=C(/C=C/c1ccc(-c2ccccc2[N+](=O)[O-])o1)Nc1cccnc1. The zero-order valence-electron chi connectivity index (χ0n) is 13.0. The van der Waals surface area contributed by atoms with Gasteiger partial charge in [-0.05, 0) is 36.4 Å². The fourth-order valence-corrected chi connectivity index (χ4v) is 2.21. The third kappa shape index (κ3) is 3.97. The lowest BCUT2D eigenvalue weighted by Gasteiger charge is -1.99. The predicted molar refractivity (Wildman–Crippen MR) is 92.7 cm³/mol. The number of carbonyl (C=O) groups excluding carboxylic acids is 1. The monoisotopic (exact) mass is 335 g/mol. The van der Waals surface area contributed by atoms with Gasteiger partial charge in [0, 0.05) is 18.3 Å². The smallest absolute Gasteiger partial charge is 0.280 e. The zero-order valence-corrected chi connectivity index (χ0v) is 13.0. The fourth-order valence-electron chi connectivity index (χ4n) is 2.21. The van der Waals surface area contributed by atoms with E-state index in [1.807, 2.05) is 0 Å². The summed E-state index contributed by atoms with van der Waals surface area (Å²) < 4.78 is 5.58. The molecule has 0 fully saturated rings. The average molecular weight is 335 g/mol. The Balaban J connectivity index is 1.74. The van der Waals surface area contributed by atoms with Crippen LogP contribution in [0.4, 0.5) is 11.4 Å². The van der Waals surface area contributed by atoms with Crippen LogP contribution in [0.1, 0.15) is 5.76 Å². The Morgan fingerprint density at radius 3 is 2.76 bits per heavy atom. The molecule has 25 heavy (non-hydrogen) atoms. The Bertz CT molecular complexity index is 932. The maximum Gasteiger partial charge on any atom is 0.280 e. The average Bonchev–Trinajstić information content (AvgIpc) is 3.10. The maximum absolute atomic E-state index is 11.8. The number of pyridine rings is 1. The Kier molecular flexibility index (Phi) is 4.66. The Labute approximate surface area is 142 Å². The van der Waals surface area contributed by atoms with Crippen molar-refractivity contribution in [3.05, 3.63) is 82.9 Å². The van der Waals surface area contributed by atoms with Crippen molar-refractivity contribution in [3.8, 4) is 11.3 Å². The van der Waals surface area contributed by atoms with Gasteiger partial charge in [0.2, 0.25) is 5.91 Å². The number of nitrogens with one attached hydrogen (secondary N) is 1. The predicted octanol–water partition coefficient (Wildman–Crippen LogP) is 3.90. The van der Waals surface area contributed by atoms with Crippen LogP contribution < -0.4 is 5.32 Å². The lowest BCUT2D eigenvalue weighted by molar-refractivity contribution is -0.384. The molecule has 0 bridgehead atoms. The van der Waals surface area contributed by atoms with E-state index in [2.05, 4.69) is 10.3 Å². The van der Waals surface area contributed by atoms with Gasteiger partial charge >= 0.3 is 0 Å². The van der Waals surface area contributed by atoms with Crippen molar-refractivity contribution in [2.75, 3.05) is 5.32 Å². The van der Waals surface area contributed by atoms with Crippen LogP contribution in [0.2, 0.25) is 0 Å². The molecule has 0 aliphatic heterocycles. The number of carbonyl (C=O) groups is 1. The van der Waals surface area contributed by atoms with Crippen molar-refractivity contribution >= 4 is 23.4 Å². The first-order valence-electron chi connectivity index (χ1n) is 7.36. The number of aromatic nitrogens is 1. The van der Waals surface area contributed by atoms with E-state index >= 15 is 0 Å². The topological polar surface area (TPSA) is 98.3 Å². The van der Waals surface area contributed by atoms with Gasteiger partial charge < -0.3 is 9.73 Å². The van der Waals surface area contributed by atoms with Gasteiger partial charge in [-0.3, -0.25) is 19.9 Å². The molecular formula is C18H13N3O4. The minimum atomic E-state index is -0.464. The Morgan fingerprint density at radius 1 is 1.16 bits per heavy atom. The van der Waals surface area contributed by atoms with Crippen LogP contribution in [0.3, 0.4) is 0 Å². The number of hydrogen-bond acceptors (Lipinski definition) is 5. The van der Waals surface area contributed by atoms with E-state index < -0.39 is 4.92 Å². The number of benzene rings is 1. The van der Waals surface area contributed by atoms with E-state index in [-0.39, 0.29) is 11.6 Å². The molecule has 1 aromatic carbocycles. The van der Waals surface area contributed by atoms with Crippen molar-refractivity contribution in [1.29, 1.82) is 0 Å². The van der Waals surface area contributed by atoms with E-state index in [4.69, 9.17) is 4.42 Å². The number of hydrogen-bond donors (Lipinski definition) is 1. The largest absolute Gasteiger partial charge is 0.456 e. The summed E-state index contributed by atoms with van der Waals surface area (Å²) in [5.74, 6) is 0.436. The molecule has 3 aromatic rings. The third-order valence-electron chi connectivity index (χ3n) is 3.32. The Morgan fingerprint density at radius 2 is 2.00 bits per heavy atom. The highest BCUT2D eigenvalue weighted by Gasteiger charge is 2.16. The fraction of sp³-hybridized carbons (Fsp3) is 0. The number of amides is 1. The third-order valence-corrected chi connectivity index (χ3v) is 3.32. The van der Waals surface area contributed by atoms with Crippen LogP contribution in [0, 0.1) is 10.1 Å². The van der Waals surface area contributed by atoms with Crippen LogP contribution in [0.5, 0.6) is 0 Å². The quantitative estimate of drug-likeness (QED) is 0.433. The van der Waals surface area contributed by atoms with Crippen LogP contribution in [-0.4, -0.2) is 15.8 Å². The molecule has 1 N–H and O–H groups in total. The van der Waals surface area contributed by atoms with E-state index in [9.17, 15) is 14.9 Å². The second-order valence-corrected chi connectivity index (χ2v) is 5.04. The second-order valence-electron chi connectivity index (χ2n) is 5.04. The first-order valence-corrected chi connectivity index (χ1v) is 7.36. The molecular weight excluding hydrogens is 322 g/mol. The molecule has 7 nitrogen and oxygen atoms in total. The summed E-state index contributed by atoms with van der Waals surface area (Å²) in [4.78, 5) is 26.4. The highest BCUT2D eigenvalue weighted by atomic mass is 16.6. The van der Waals surface area contributed by atoms with E-state index in [0.717, 1.165) is 0 Å². The van der Waals surface area contributed by atoms with Gasteiger partial charge in [-0.2, -0.15) is 0 Å². The second kappa shape index (κ2) is 7.22. The molecule has 0 saturated heterocycles. The Hall–Kier alpha value is -3.74. The van der Waals surface area contributed by atoms with Crippen LogP contribution >= 0.6 is 0 Å². The van der Waals surface area contributed by atoms with Crippen molar-refractivity contribution in [2.45, 2.75) is 0 Å². The molecule has 0 unspecified atom stereocenters. The lowest BCUT2D eigenvalue weighted by Crippen LogP contribution is -2.07. The molecule has 2 aromatic heterocycles. The number of rotatable bonds is 5. The van der Waals surface area contributed by atoms with Gasteiger partial charge in [0.25, 0.3) is 5.69 Å². The van der Waals surface area contributed by atoms with Crippen LogP contribution in [0.15, 0.2) is 71.4 Å². The summed E-state index contributed by atoms with van der Waals surface area (Å²) in [5, 5.41) is 13.7. The number of nitro groups is 1. The number of nitrogens with zero attached hydrogens (tertiary/aromatic N) is 2. The molecule has 2 heterocycles. The minimum Gasteiger partial charge on any atom is -0.456 e. The van der Waals surface area contributed by atoms with Gasteiger partial charge in [0.05, 0.1) is 22.4 Å². The number of para-hydroxylation sites is 1. The molecule has 0 radical (unpaired) electrons. The zero-order chi connectivity index (χ0) is 17.6. The summed E-state index contributed by atoms with van der Waals surface area (Å²) in [5.41, 5.74) is 0.922. The van der Waals surface area contributed by atoms with Gasteiger partial charge in [0.1, 0.15) is 11.5 Å². The van der Waals surface area contributed by atoms with Gasteiger partial charge in [0.15, 0.2) is 0 Å². The summed E-state index contributed by atoms with van der Waals surface area (Å²) in [7, 11) is 0. The van der Waals surface area contributed by atoms with E-state index in [1.165, 1.54) is 24.4 Å². The molecule has 0 atom stereocenters. The van der Waals surface area contributed by atoms with Crippen molar-refractivity contribution in [3.63, 3.8) is 0 Å². The summed E-state index contributed by atoms with van der Waals surface area (Å²) in [6.07, 6.45) is 5.95. The molecule has 1 amide bonds. The van der Waals surface area contributed by atoms with Gasteiger partial charge in [-0.1, -0.05) is 12.1 Å². The standard InChI is InChI=1S/C18H13N3O4/c22-18(20-13-4-3-11-19-12-13)10-8-14-7-9-17(25-14)15-5-1-2-6-16(15)21(23)24/h1-12H,(H,20,22)/b10-8+. The molecule has 0 aliphatic rings. The number of furan rings is 1. The normalized spacial score (nSPS) is 10.7. The summed E-state index contributed by atoms with van der Waals surface area (Å²) in [6, 6.07) is 13.0. The summed E-state index contributed by atoms with van der Waals surface area (Å²) >= 11 is 0. The first-order chi connectivity index (χ1) is 12.1. The molecule has 3 rings (SSSR count). The molecule has 0 aliphatic carbocycles. The maximum atomic E-state index is 11.8. The number of anilines is 1. The minimum absolute atomic E-state index is 0.0401. The van der Waals surface area contributed by atoms with Crippen molar-refractivity contribution < 1.29 is 14.1 Å². The van der Waals surface area contributed by atoms with E-state index in [1.54, 1.807) is 48.7 Å². The first kappa shape index (κ1) is 16.1. The van der Waals surface area contributed by atoms with Gasteiger partial charge in [-0.25, -0.2) is 0 Å². The lowest BCUT2D eigenvalue weighted by atomic mass is 10.1.